The molecule has 0 aromatic heterocycles. The molecule has 0 saturated heterocycles. The largest absolute Gasteiger partial charge is 0.504 e. The Morgan fingerprint density at radius 2 is 1.30 bits per heavy atom. The van der Waals surface area contributed by atoms with Gasteiger partial charge in [0.1, 0.15) is -0.565 Å². The number of nitrogens with one attached hydrogen (secondary N) is 1. The van der Waals surface area contributed by atoms with E-state index in [2.05, 4.69) is 139 Å². The molecule has 1 heterocycles. The summed E-state index contributed by atoms with van der Waals surface area (Å²) in [5.41, 5.74) is 1.78. The molecule has 1 amide bonds. The second kappa shape index (κ2) is 26.3. The lowest BCUT2D eigenvalue weighted by Crippen LogP contribution is -2.29. The van der Waals surface area contributed by atoms with E-state index in [0.717, 1.165) is 11.1 Å². The number of aryl methyl sites for hydroxylation is 2. The standard InChI is InChI=1S/C12H14O4.C11H15NO3.C3H8.C2H3I3.CH2I2.CH4/c1-12(2)15-9-5-3-8(4-6-11(13)14)7-10(9)16-12;1-2-12-11(15)6-4-8-3-5-9(13)10(14)7-8;1-3-2;1-2(3,4)5;2-1-3;/h3,5,7H,4,6H2,1-2H3,(H,13,14);3,5,7,13-14H,2,4,6H2,1H3,(H,12,15);3H2,1-2H3;1H3;1H2;1H4. The molecule has 8 nitrogen and oxygen atoms in total. The van der Waals surface area contributed by atoms with E-state index in [9.17, 15) is 14.7 Å². The molecule has 0 spiro atoms. The van der Waals surface area contributed by atoms with Gasteiger partial charge in [-0.25, -0.2) is 0 Å². The number of ether oxygens (including phenoxy) is 2. The number of carboxylic acids is 1. The smallest absolute Gasteiger partial charge is 0.303 e. The number of phenolic OH excluding ortho intramolecular Hbond substituents is 2. The molecule has 2 aromatic carbocycles. The van der Waals surface area contributed by atoms with Crippen LogP contribution >= 0.6 is 113 Å². The summed E-state index contributed by atoms with van der Waals surface area (Å²) in [7, 11) is 0. The van der Waals surface area contributed by atoms with Crippen molar-refractivity contribution in [3.8, 4) is 23.0 Å². The molecule has 0 saturated carbocycles. The molecule has 0 unspecified atom stereocenters. The summed E-state index contributed by atoms with van der Waals surface area (Å²) in [5.74, 6) is -0.325. The minimum Gasteiger partial charge on any atom is -0.504 e. The van der Waals surface area contributed by atoms with Crippen molar-refractivity contribution in [3.63, 3.8) is 0 Å². The molecular weight excluding hydrogens is 1120 g/mol. The Labute approximate surface area is 326 Å². The molecule has 1 aliphatic heterocycles. The van der Waals surface area contributed by atoms with Crippen LogP contribution in [0.4, 0.5) is 0 Å². The van der Waals surface area contributed by atoms with E-state index < -0.39 is 11.8 Å². The van der Waals surface area contributed by atoms with Crippen molar-refractivity contribution in [2.24, 2.45) is 0 Å². The molecule has 4 N–H and O–H groups in total. The van der Waals surface area contributed by atoms with Crippen molar-refractivity contribution < 1.29 is 34.4 Å². The Morgan fingerprint density at radius 1 is 0.860 bits per heavy atom. The Balaban J connectivity index is -0.000000548. The quantitative estimate of drug-likeness (QED) is 0.124. The van der Waals surface area contributed by atoms with Crippen LogP contribution in [-0.2, 0) is 22.4 Å². The van der Waals surface area contributed by atoms with Crippen LogP contribution in [0.3, 0.4) is 0 Å². The average Bonchev–Trinajstić information content (AvgIpc) is 3.17. The molecule has 0 aliphatic carbocycles. The molecule has 0 fully saturated rings. The van der Waals surface area contributed by atoms with E-state index in [1.54, 1.807) is 6.07 Å². The van der Waals surface area contributed by atoms with E-state index in [4.69, 9.17) is 19.7 Å². The highest BCUT2D eigenvalue weighted by Crippen LogP contribution is 2.39. The average molecular weight is 1170 g/mol. The number of amides is 1. The van der Waals surface area contributed by atoms with Crippen LogP contribution < -0.4 is 14.8 Å². The lowest BCUT2D eigenvalue weighted by Gasteiger charge is -2.16. The summed E-state index contributed by atoms with van der Waals surface area (Å²) < 4.78 is 12.7. The number of halogens is 5. The van der Waals surface area contributed by atoms with Gasteiger partial charge in [-0.2, -0.15) is 0 Å². The zero-order valence-electron chi connectivity index (χ0n) is 24.8. The van der Waals surface area contributed by atoms with Gasteiger partial charge in [0.15, 0.2) is 23.0 Å². The molecule has 43 heavy (non-hydrogen) atoms. The zero-order valence-corrected chi connectivity index (χ0v) is 35.6. The number of hydrogen-bond acceptors (Lipinski definition) is 6. The number of benzene rings is 2. The molecule has 1 aliphatic rings. The lowest BCUT2D eigenvalue weighted by molar-refractivity contribution is -0.137. The van der Waals surface area contributed by atoms with Gasteiger partial charge in [0.2, 0.25) is 11.7 Å². The normalized spacial score (nSPS) is 11.7. The van der Waals surface area contributed by atoms with E-state index in [1.165, 1.54) is 21.0 Å². The first kappa shape index (κ1) is 47.6. The summed E-state index contributed by atoms with van der Waals surface area (Å²) in [6.07, 6.45) is 2.83. The molecule has 3 rings (SSSR count). The first-order valence-corrected chi connectivity index (χ1v) is 19.4. The van der Waals surface area contributed by atoms with Crippen molar-refractivity contribution in [2.45, 2.75) is 86.3 Å². The molecule has 0 radical (unpaired) electrons. The fourth-order valence-corrected chi connectivity index (χ4v) is 2.94. The van der Waals surface area contributed by atoms with Gasteiger partial charge in [-0.3, -0.25) is 9.59 Å². The lowest BCUT2D eigenvalue weighted by atomic mass is 10.1. The number of rotatable bonds is 7. The number of carboxylic acid groups (broad SMARTS) is 1. The summed E-state index contributed by atoms with van der Waals surface area (Å²) >= 11 is 11.6. The Bertz CT molecular complexity index is 1060. The number of fused-ring (bicyclic) bond motifs is 1. The van der Waals surface area contributed by atoms with Crippen molar-refractivity contribution in [3.05, 3.63) is 47.5 Å². The van der Waals surface area contributed by atoms with Crippen LogP contribution in [0.15, 0.2) is 36.4 Å². The number of aliphatic carboxylic acids is 1. The molecule has 13 heteroatoms. The maximum Gasteiger partial charge on any atom is 0.303 e. The van der Waals surface area contributed by atoms with Gasteiger partial charge in [0, 0.05) is 33.2 Å². The van der Waals surface area contributed by atoms with Gasteiger partial charge in [-0.1, -0.05) is 153 Å². The first-order valence-electron chi connectivity index (χ1n) is 13.1. The van der Waals surface area contributed by atoms with Crippen LogP contribution in [-0.4, -0.2) is 41.4 Å². The van der Waals surface area contributed by atoms with Crippen molar-refractivity contribution in [2.75, 3.05) is 8.98 Å². The van der Waals surface area contributed by atoms with Gasteiger partial charge in [0.05, 0.1) is 2.43 Å². The van der Waals surface area contributed by atoms with Crippen molar-refractivity contribution >= 4 is 125 Å². The number of hydrogen-bond donors (Lipinski definition) is 4. The van der Waals surface area contributed by atoms with E-state index in [0.29, 0.717) is 36.7 Å². The topological polar surface area (TPSA) is 125 Å². The van der Waals surface area contributed by atoms with Crippen LogP contribution in [0.5, 0.6) is 23.0 Å². The molecule has 2 aromatic rings. The van der Waals surface area contributed by atoms with Crippen LogP contribution in [0, 0.1) is 0 Å². The number of phenols is 2. The second-order valence-electron chi connectivity index (χ2n) is 9.14. The third kappa shape index (κ3) is 28.2. The Hall–Kier alpha value is 0.230. The maximum absolute atomic E-state index is 11.1. The fraction of sp³-hybridized carbons (Fsp3) is 0.533. The van der Waals surface area contributed by atoms with Crippen molar-refractivity contribution in [1.29, 1.82) is 0 Å². The molecular formula is C30H46I5NO7. The summed E-state index contributed by atoms with van der Waals surface area (Å²) in [6, 6.07) is 10.1. The third-order valence-electron chi connectivity index (χ3n) is 4.40. The van der Waals surface area contributed by atoms with E-state index >= 15 is 0 Å². The van der Waals surface area contributed by atoms with Crippen LogP contribution in [0.25, 0.3) is 0 Å². The summed E-state index contributed by atoms with van der Waals surface area (Å²) in [6.45, 7) is 12.6. The Morgan fingerprint density at radius 3 is 1.77 bits per heavy atom. The number of alkyl halides is 5. The van der Waals surface area contributed by atoms with Gasteiger partial charge in [-0.15, -0.1) is 0 Å². The van der Waals surface area contributed by atoms with Gasteiger partial charge >= 0.3 is 5.97 Å². The minimum absolute atomic E-state index is 0. The first-order chi connectivity index (χ1) is 19.4. The zero-order chi connectivity index (χ0) is 32.9. The monoisotopic (exact) mass is 1170 g/mol. The fourth-order valence-electron chi connectivity index (χ4n) is 2.94. The number of carbonyl (C=O) groups is 2. The summed E-state index contributed by atoms with van der Waals surface area (Å²) in [5, 5.41) is 29.6. The summed E-state index contributed by atoms with van der Waals surface area (Å²) in [4.78, 5) is 21.6. The Kier molecular flexibility index (Phi) is 29.2. The van der Waals surface area contributed by atoms with Crippen LogP contribution in [0.2, 0.25) is 0 Å². The van der Waals surface area contributed by atoms with Gasteiger partial charge in [0.25, 0.3) is 0 Å². The predicted molar refractivity (Wildman–Crippen MR) is 221 cm³/mol. The molecule has 248 valence electrons. The number of aromatic hydroxyl groups is 2. The minimum atomic E-state index is -0.794. The highest BCUT2D eigenvalue weighted by Gasteiger charge is 2.31. The van der Waals surface area contributed by atoms with E-state index in [-0.39, 0.29) is 31.3 Å². The molecule has 0 bridgehead atoms. The SMILES string of the molecule is C.CC(I)(I)I.CC1(C)Oc2ccc(CCC(=O)O)cc2O1.CCC.CCNC(=O)CCc1ccc(O)c(O)c1.ICI. The highest BCUT2D eigenvalue weighted by atomic mass is 127. The highest BCUT2D eigenvalue weighted by molar-refractivity contribution is 14.3. The second-order valence-corrected chi connectivity index (χ2v) is 26.3. The third-order valence-corrected chi connectivity index (χ3v) is 4.40. The molecule has 0 atom stereocenters. The van der Waals surface area contributed by atoms with Crippen LogP contribution in [0.1, 0.15) is 79.4 Å². The van der Waals surface area contributed by atoms with Crippen molar-refractivity contribution in [1.82, 2.24) is 5.32 Å². The van der Waals surface area contributed by atoms with E-state index in [1.807, 2.05) is 39.0 Å². The maximum atomic E-state index is 11.1. The number of carbonyl (C=O) groups excluding carboxylic acids is 1. The predicted octanol–water partition coefficient (Wildman–Crippen LogP) is 10.2. The van der Waals surface area contributed by atoms with Gasteiger partial charge < -0.3 is 30.1 Å². The van der Waals surface area contributed by atoms with Gasteiger partial charge in [-0.05, 0) is 62.1 Å².